The Kier molecular flexibility index (Phi) is 11.4. The highest BCUT2D eigenvalue weighted by molar-refractivity contribution is 5.91. The number of nitrogens with one attached hydrogen (secondary N) is 1. The summed E-state index contributed by atoms with van der Waals surface area (Å²) in [4.78, 5) is 39.1. The van der Waals surface area contributed by atoms with Crippen LogP contribution in [-0.2, 0) is 25.7 Å². The van der Waals surface area contributed by atoms with Crippen molar-refractivity contribution in [3.05, 3.63) is 35.9 Å². The zero-order valence-corrected chi connectivity index (χ0v) is 20.1. The first-order valence-corrected chi connectivity index (χ1v) is 11.1. The first-order valence-electron chi connectivity index (χ1n) is 11.1. The predicted molar refractivity (Wildman–Crippen MR) is 124 cm³/mol. The fourth-order valence-corrected chi connectivity index (χ4v) is 3.44. The van der Waals surface area contributed by atoms with Gasteiger partial charge in [0.2, 0.25) is 11.8 Å². The lowest BCUT2D eigenvalue weighted by molar-refractivity contribution is -0.148. The highest BCUT2D eigenvalue weighted by Crippen LogP contribution is 2.15. The Morgan fingerprint density at radius 2 is 1.59 bits per heavy atom. The summed E-state index contributed by atoms with van der Waals surface area (Å²) in [6.45, 7) is 9.64. The fraction of sp³-hybridized carbons (Fsp3) is 0.625. The van der Waals surface area contributed by atoms with Gasteiger partial charge in [-0.05, 0) is 37.2 Å². The quantitative estimate of drug-likeness (QED) is 0.425. The monoisotopic (exact) mass is 449 g/mol. The van der Waals surface area contributed by atoms with Crippen molar-refractivity contribution in [3.63, 3.8) is 0 Å². The lowest BCUT2D eigenvalue weighted by Gasteiger charge is -2.32. The Hall–Kier alpha value is -2.45. The van der Waals surface area contributed by atoms with E-state index < -0.39 is 36.1 Å². The van der Waals surface area contributed by atoms with Crippen molar-refractivity contribution in [2.24, 2.45) is 17.6 Å². The highest BCUT2D eigenvalue weighted by atomic mass is 16.5. The van der Waals surface area contributed by atoms with Crippen LogP contribution in [0.3, 0.4) is 0 Å². The van der Waals surface area contributed by atoms with Crippen LogP contribution in [0.15, 0.2) is 30.3 Å². The van der Waals surface area contributed by atoms with Gasteiger partial charge in [0.1, 0.15) is 6.04 Å². The van der Waals surface area contributed by atoms with Gasteiger partial charge in [0.15, 0.2) is 6.04 Å². The third kappa shape index (κ3) is 8.96. The molecule has 0 saturated heterocycles. The number of carboxylic acids is 1. The van der Waals surface area contributed by atoms with Gasteiger partial charge in [-0.25, -0.2) is 4.79 Å². The molecule has 0 aliphatic carbocycles. The Morgan fingerprint density at radius 1 is 1.03 bits per heavy atom. The second kappa shape index (κ2) is 13.2. The summed E-state index contributed by atoms with van der Waals surface area (Å²) >= 11 is 0. The van der Waals surface area contributed by atoms with E-state index in [0.717, 1.165) is 5.56 Å². The first-order chi connectivity index (χ1) is 14.9. The van der Waals surface area contributed by atoms with Crippen LogP contribution in [0.5, 0.6) is 0 Å². The number of hydrogen-bond donors (Lipinski definition) is 3. The molecule has 4 atom stereocenters. The molecule has 1 rings (SSSR count). The minimum Gasteiger partial charge on any atom is -0.480 e. The van der Waals surface area contributed by atoms with E-state index in [1.54, 1.807) is 14.0 Å². The Bertz CT molecular complexity index is 738. The Balaban J connectivity index is 2.91. The molecule has 0 saturated carbocycles. The number of likely N-dealkylation sites (N-methyl/N-ethyl adjacent to an activating group) is 1. The van der Waals surface area contributed by atoms with Crippen molar-refractivity contribution in [3.8, 4) is 0 Å². The van der Waals surface area contributed by atoms with Crippen molar-refractivity contribution in [2.45, 2.75) is 78.3 Å². The lowest BCUT2D eigenvalue weighted by atomic mass is 9.98. The third-order valence-corrected chi connectivity index (χ3v) is 5.24. The van der Waals surface area contributed by atoms with Gasteiger partial charge in [-0.2, -0.15) is 0 Å². The molecule has 32 heavy (non-hydrogen) atoms. The molecule has 0 radical (unpaired) electrons. The number of amides is 2. The van der Waals surface area contributed by atoms with Gasteiger partial charge in [0.25, 0.3) is 0 Å². The third-order valence-electron chi connectivity index (χ3n) is 5.24. The number of nitrogens with two attached hydrogens (primary N) is 1. The molecule has 0 aliphatic heterocycles. The van der Waals surface area contributed by atoms with Crippen molar-refractivity contribution in [1.29, 1.82) is 0 Å². The molecule has 0 spiro atoms. The smallest absolute Gasteiger partial charge is 0.328 e. The summed E-state index contributed by atoms with van der Waals surface area (Å²) in [5.41, 5.74) is 6.94. The fourth-order valence-electron chi connectivity index (χ4n) is 3.44. The molecule has 180 valence electrons. The summed E-state index contributed by atoms with van der Waals surface area (Å²) in [6.07, 6.45) is 0.107. The largest absolute Gasteiger partial charge is 0.480 e. The molecule has 1 aromatic carbocycles. The molecule has 1 aromatic rings. The standard InChI is InChI=1S/C24H39N3O5/c1-15(2)12-19(25)23(29)27(6)20(13-16(3)4)22(28)26-21(24(30)31)17(5)32-14-18-10-8-7-9-11-18/h7-11,15-17,19-21H,12-14,25H2,1-6H3,(H,26,28)(H,30,31)/t17-,19+,20+,21+/m1/s1. The highest BCUT2D eigenvalue weighted by Gasteiger charge is 2.34. The topological polar surface area (TPSA) is 122 Å². The van der Waals surface area contributed by atoms with Gasteiger partial charge in [-0.3, -0.25) is 9.59 Å². The van der Waals surface area contributed by atoms with E-state index in [9.17, 15) is 19.5 Å². The van der Waals surface area contributed by atoms with E-state index in [2.05, 4.69) is 5.32 Å². The maximum atomic E-state index is 13.1. The number of hydrogen-bond acceptors (Lipinski definition) is 5. The van der Waals surface area contributed by atoms with Crippen molar-refractivity contribution in [2.75, 3.05) is 7.05 Å². The van der Waals surface area contributed by atoms with Gasteiger partial charge >= 0.3 is 5.97 Å². The van der Waals surface area contributed by atoms with Gasteiger partial charge in [-0.1, -0.05) is 58.0 Å². The normalized spacial score (nSPS) is 15.2. The summed E-state index contributed by atoms with van der Waals surface area (Å²) in [6, 6.07) is 6.57. The summed E-state index contributed by atoms with van der Waals surface area (Å²) < 4.78 is 5.71. The van der Waals surface area contributed by atoms with Crippen molar-refractivity contribution < 1.29 is 24.2 Å². The minimum absolute atomic E-state index is 0.109. The second-order valence-electron chi connectivity index (χ2n) is 9.16. The van der Waals surface area contributed by atoms with Gasteiger partial charge < -0.3 is 25.8 Å². The maximum Gasteiger partial charge on any atom is 0.328 e. The van der Waals surface area contributed by atoms with Crippen LogP contribution in [-0.4, -0.2) is 59.1 Å². The first kappa shape index (κ1) is 27.6. The van der Waals surface area contributed by atoms with Crippen LogP contribution >= 0.6 is 0 Å². The molecule has 0 bridgehead atoms. The molecular weight excluding hydrogens is 410 g/mol. The van der Waals surface area contributed by atoms with E-state index in [0.29, 0.717) is 12.8 Å². The van der Waals surface area contributed by atoms with Gasteiger partial charge in [0, 0.05) is 7.05 Å². The molecule has 0 aromatic heterocycles. The molecular formula is C24H39N3O5. The Labute approximate surface area is 191 Å². The van der Waals surface area contributed by atoms with Crippen LogP contribution < -0.4 is 11.1 Å². The zero-order valence-electron chi connectivity index (χ0n) is 20.1. The van der Waals surface area contributed by atoms with E-state index in [1.807, 2.05) is 58.0 Å². The molecule has 4 N–H and O–H groups in total. The molecule has 2 amide bonds. The molecule has 0 unspecified atom stereocenters. The molecule has 8 nitrogen and oxygen atoms in total. The van der Waals surface area contributed by atoms with Crippen molar-refractivity contribution in [1.82, 2.24) is 10.2 Å². The summed E-state index contributed by atoms with van der Waals surface area (Å²) in [7, 11) is 1.54. The van der Waals surface area contributed by atoms with E-state index in [1.165, 1.54) is 4.90 Å². The second-order valence-corrected chi connectivity index (χ2v) is 9.16. The van der Waals surface area contributed by atoms with Crippen molar-refractivity contribution >= 4 is 17.8 Å². The van der Waals surface area contributed by atoms with Crippen LogP contribution in [0, 0.1) is 11.8 Å². The zero-order chi connectivity index (χ0) is 24.4. The SMILES string of the molecule is CC(C)C[C@H](N)C(=O)N(C)[C@@H](CC(C)C)C(=O)N[C@H](C(=O)O)[C@@H](C)OCc1ccccc1. The molecule has 8 heteroatoms. The van der Waals surface area contributed by atoms with E-state index in [4.69, 9.17) is 10.5 Å². The number of nitrogens with zero attached hydrogens (tertiary/aromatic N) is 1. The lowest BCUT2D eigenvalue weighted by Crippen LogP contribution is -2.57. The van der Waals surface area contributed by atoms with E-state index >= 15 is 0 Å². The van der Waals surface area contributed by atoms with Gasteiger partial charge in [0.05, 0.1) is 18.8 Å². The molecule has 0 fully saturated rings. The minimum atomic E-state index is -1.26. The Morgan fingerprint density at radius 3 is 2.09 bits per heavy atom. The van der Waals surface area contributed by atoms with Crippen LogP contribution in [0.25, 0.3) is 0 Å². The number of carbonyl (C=O) groups excluding carboxylic acids is 2. The molecule has 0 heterocycles. The number of carbonyl (C=O) groups is 3. The summed E-state index contributed by atoms with van der Waals surface area (Å²) in [5, 5.41) is 12.3. The number of ether oxygens (including phenoxy) is 1. The van der Waals surface area contributed by atoms with Crippen LogP contribution in [0.4, 0.5) is 0 Å². The number of rotatable bonds is 13. The average Bonchev–Trinajstić information content (AvgIpc) is 2.72. The predicted octanol–water partition coefficient (Wildman–Crippen LogP) is 2.41. The number of aliphatic carboxylic acids is 1. The summed E-state index contributed by atoms with van der Waals surface area (Å²) in [5.74, 6) is -1.72. The number of benzene rings is 1. The van der Waals surface area contributed by atoms with E-state index in [-0.39, 0.29) is 24.3 Å². The van der Waals surface area contributed by atoms with Crippen LogP contribution in [0.1, 0.15) is 53.0 Å². The van der Waals surface area contributed by atoms with Crippen LogP contribution in [0.2, 0.25) is 0 Å². The molecule has 0 aliphatic rings. The van der Waals surface area contributed by atoms with Gasteiger partial charge in [-0.15, -0.1) is 0 Å². The maximum absolute atomic E-state index is 13.1. The number of carboxylic acid groups (broad SMARTS) is 1. The average molecular weight is 450 g/mol.